The standard InChI is InChI=1S/C15H21NO5/c1-4-7-16(10-15(18)19)14(17)8-11-5-6-12(20-2)9-13(11)21-3/h5-6,9H,4,7-8,10H2,1-3H3,(H,18,19). The lowest BCUT2D eigenvalue weighted by atomic mass is 10.1. The Morgan fingerprint density at radius 1 is 1.24 bits per heavy atom. The van der Waals surface area contributed by atoms with Crippen molar-refractivity contribution in [3.8, 4) is 11.5 Å². The molecule has 0 bridgehead atoms. The van der Waals surface area contributed by atoms with E-state index in [1.165, 1.54) is 12.0 Å². The number of methoxy groups -OCH3 is 2. The molecule has 116 valence electrons. The fourth-order valence-electron chi connectivity index (χ4n) is 2.00. The largest absolute Gasteiger partial charge is 0.497 e. The first-order valence-electron chi connectivity index (χ1n) is 6.72. The van der Waals surface area contributed by atoms with Crippen LogP contribution in [0.15, 0.2) is 18.2 Å². The summed E-state index contributed by atoms with van der Waals surface area (Å²) in [6.07, 6.45) is 0.805. The summed E-state index contributed by atoms with van der Waals surface area (Å²) in [5.74, 6) is -0.0605. The van der Waals surface area contributed by atoms with Gasteiger partial charge in [0.1, 0.15) is 18.0 Å². The van der Waals surface area contributed by atoms with Crippen molar-refractivity contribution in [2.45, 2.75) is 19.8 Å². The van der Waals surface area contributed by atoms with Gasteiger partial charge in [0.2, 0.25) is 5.91 Å². The van der Waals surface area contributed by atoms with Crippen molar-refractivity contribution in [1.82, 2.24) is 4.90 Å². The highest BCUT2D eigenvalue weighted by molar-refractivity contribution is 5.83. The molecule has 1 aromatic carbocycles. The van der Waals surface area contributed by atoms with Crippen LogP contribution in [0.5, 0.6) is 11.5 Å². The first-order chi connectivity index (χ1) is 10.0. The molecule has 0 radical (unpaired) electrons. The second-order valence-electron chi connectivity index (χ2n) is 4.56. The topological polar surface area (TPSA) is 76.1 Å². The number of nitrogens with zero attached hydrogens (tertiary/aromatic N) is 1. The average molecular weight is 295 g/mol. The predicted octanol–water partition coefficient (Wildman–Crippen LogP) is 1.57. The normalized spacial score (nSPS) is 10.0. The highest BCUT2D eigenvalue weighted by Crippen LogP contribution is 2.25. The summed E-state index contributed by atoms with van der Waals surface area (Å²) in [7, 11) is 3.07. The Morgan fingerprint density at radius 2 is 1.95 bits per heavy atom. The molecule has 0 aliphatic carbocycles. The molecule has 21 heavy (non-hydrogen) atoms. The summed E-state index contributed by atoms with van der Waals surface area (Å²) in [6, 6.07) is 5.19. The molecule has 1 rings (SSSR count). The average Bonchev–Trinajstić information content (AvgIpc) is 2.46. The molecular weight excluding hydrogens is 274 g/mol. The molecule has 0 aliphatic heterocycles. The van der Waals surface area contributed by atoms with Crippen LogP contribution in [0.25, 0.3) is 0 Å². The summed E-state index contributed by atoms with van der Waals surface area (Å²) >= 11 is 0. The van der Waals surface area contributed by atoms with E-state index in [2.05, 4.69) is 0 Å². The first kappa shape index (κ1) is 16.8. The highest BCUT2D eigenvalue weighted by atomic mass is 16.5. The Hall–Kier alpha value is -2.24. The minimum Gasteiger partial charge on any atom is -0.497 e. The third-order valence-corrected chi connectivity index (χ3v) is 3.01. The van der Waals surface area contributed by atoms with E-state index in [1.54, 1.807) is 25.3 Å². The summed E-state index contributed by atoms with van der Waals surface area (Å²) in [5.41, 5.74) is 0.704. The smallest absolute Gasteiger partial charge is 0.323 e. The van der Waals surface area contributed by atoms with Crippen LogP contribution in [0.2, 0.25) is 0 Å². The SMILES string of the molecule is CCCN(CC(=O)O)C(=O)Cc1ccc(OC)cc1OC. The maximum absolute atomic E-state index is 12.2. The Kier molecular flexibility index (Phi) is 6.52. The minimum absolute atomic E-state index is 0.0977. The van der Waals surface area contributed by atoms with E-state index in [0.29, 0.717) is 30.0 Å². The fraction of sp³-hybridized carbons (Fsp3) is 0.467. The lowest BCUT2D eigenvalue weighted by Gasteiger charge is -2.20. The number of carboxylic acid groups (broad SMARTS) is 1. The van der Waals surface area contributed by atoms with E-state index < -0.39 is 5.97 Å². The van der Waals surface area contributed by atoms with Crippen molar-refractivity contribution < 1.29 is 24.2 Å². The Balaban J connectivity index is 2.87. The lowest BCUT2D eigenvalue weighted by Crippen LogP contribution is -2.37. The van der Waals surface area contributed by atoms with Crippen molar-refractivity contribution in [2.75, 3.05) is 27.3 Å². The molecule has 0 spiro atoms. The van der Waals surface area contributed by atoms with Gasteiger partial charge in [0.15, 0.2) is 0 Å². The van der Waals surface area contributed by atoms with Crippen LogP contribution in [0.3, 0.4) is 0 Å². The minimum atomic E-state index is -1.02. The maximum atomic E-state index is 12.2. The number of amides is 1. The van der Waals surface area contributed by atoms with Crippen LogP contribution in [-0.2, 0) is 16.0 Å². The summed E-state index contributed by atoms with van der Waals surface area (Å²) in [6.45, 7) is 2.03. The monoisotopic (exact) mass is 295 g/mol. The quantitative estimate of drug-likeness (QED) is 0.788. The van der Waals surface area contributed by atoms with Gasteiger partial charge in [-0.1, -0.05) is 13.0 Å². The number of ether oxygens (including phenoxy) is 2. The van der Waals surface area contributed by atoms with Gasteiger partial charge >= 0.3 is 5.97 Å². The van der Waals surface area contributed by atoms with Crippen molar-refractivity contribution in [2.24, 2.45) is 0 Å². The van der Waals surface area contributed by atoms with E-state index in [0.717, 1.165) is 0 Å². The third kappa shape index (κ3) is 4.98. The zero-order valence-electron chi connectivity index (χ0n) is 12.6. The van der Waals surface area contributed by atoms with E-state index in [-0.39, 0.29) is 18.9 Å². The van der Waals surface area contributed by atoms with Gasteiger partial charge in [-0.05, 0) is 12.5 Å². The van der Waals surface area contributed by atoms with Crippen LogP contribution >= 0.6 is 0 Å². The number of hydrogen-bond acceptors (Lipinski definition) is 4. The molecule has 1 aromatic rings. The third-order valence-electron chi connectivity index (χ3n) is 3.01. The van der Waals surface area contributed by atoms with Crippen molar-refractivity contribution >= 4 is 11.9 Å². The number of benzene rings is 1. The second kappa shape index (κ2) is 8.14. The number of hydrogen-bond donors (Lipinski definition) is 1. The highest BCUT2D eigenvalue weighted by Gasteiger charge is 2.18. The van der Waals surface area contributed by atoms with Crippen LogP contribution in [0, 0.1) is 0 Å². The zero-order chi connectivity index (χ0) is 15.8. The molecule has 0 saturated heterocycles. The van der Waals surface area contributed by atoms with E-state index in [4.69, 9.17) is 14.6 Å². The molecule has 1 amide bonds. The number of carboxylic acids is 1. The van der Waals surface area contributed by atoms with Gasteiger partial charge in [-0.15, -0.1) is 0 Å². The first-order valence-corrected chi connectivity index (χ1v) is 6.72. The molecule has 1 N–H and O–H groups in total. The van der Waals surface area contributed by atoms with Crippen LogP contribution in [0.1, 0.15) is 18.9 Å². The van der Waals surface area contributed by atoms with Crippen LogP contribution in [-0.4, -0.2) is 49.2 Å². The van der Waals surface area contributed by atoms with Crippen molar-refractivity contribution in [1.29, 1.82) is 0 Å². The Morgan fingerprint density at radius 3 is 2.48 bits per heavy atom. The number of rotatable bonds is 8. The second-order valence-corrected chi connectivity index (χ2v) is 4.56. The zero-order valence-corrected chi connectivity index (χ0v) is 12.6. The Bertz CT molecular complexity index is 501. The van der Waals surface area contributed by atoms with Gasteiger partial charge in [0.25, 0.3) is 0 Å². The van der Waals surface area contributed by atoms with Gasteiger partial charge in [0, 0.05) is 18.2 Å². The Labute approximate surface area is 124 Å². The van der Waals surface area contributed by atoms with Crippen LogP contribution < -0.4 is 9.47 Å². The van der Waals surface area contributed by atoms with Gasteiger partial charge in [-0.2, -0.15) is 0 Å². The van der Waals surface area contributed by atoms with Gasteiger partial charge in [-0.25, -0.2) is 0 Å². The van der Waals surface area contributed by atoms with Gasteiger partial charge < -0.3 is 19.5 Å². The molecule has 6 nitrogen and oxygen atoms in total. The molecule has 0 aromatic heterocycles. The molecule has 0 atom stereocenters. The molecule has 0 fully saturated rings. The number of aliphatic carboxylic acids is 1. The van der Waals surface area contributed by atoms with Gasteiger partial charge in [-0.3, -0.25) is 9.59 Å². The number of carbonyl (C=O) groups excluding carboxylic acids is 1. The lowest BCUT2D eigenvalue weighted by molar-refractivity contribution is -0.144. The molecule has 0 saturated carbocycles. The summed E-state index contributed by atoms with van der Waals surface area (Å²) < 4.78 is 10.3. The summed E-state index contributed by atoms with van der Waals surface area (Å²) in [5, 5.41) is 8.86. The summed E-state index contributed by atoms with van der Waals surface area (Å²) in [4.78, 5) is 24.4. The maximum Gasteiger partial charge on any atom is 0.323 e. The predicted molar refractivity (Wildman–Crippen MR) is 77.8 cm³/mol. The van der Waals surface area contributed by atoms with Gasteiger partial charge in [0.05, 0.1) is 20.6 Å². The molecule has 6 heteroatoms. The van der Waals surface area contributed by atoms with E-state index >= 15 is 0 Å². The van der Waals surface area contributed by atoms with Crippen molar-refractivity contribution in [3.63, 3.8) is 0 Å². The van der Waals surface area contributed by atoms with E-state index in [1.807, 2.05) is 6.92 Å². The van der Waals surface area contributed by atoms with Crippen molar-refractivity contribution in [3.05, 3.63) is 23.8 Å². The van der Waals surface area contributed by atoms with Crippen LogP contribution in [0.4, 0.5) is 0 Å². The van der Waals surface area contributed by atoms with E-state index in [9.17, 15) is 9.59 Å². The number of carbonyl (C=O) groups is 2. The molecular formula is C15H21NO5. The molecule has 0 unspecified atom stereocenters. The molecule has 0 aliphatic rings. The molecule has 0 heterocycles. The fourth-order valence-corrected chi connectivity index (χ4v) is 2.00.